The zero-order valence-corrected chi connectivity index (χ0v) is 7.43. The summed E-state index contributed by atoms with van der Waals surface area (Å²) in [5.41, 5.74) is 0. The Bertz CT molecular complexity index is 200. The van der Waals surface area contributed by atoms with Crippen LogP contribution in [0.5, 0.6) is 0 Å². The highest BCUT2D eigenvalue weighted by Gasteiger charge is 1.95. The molecule has 0 aliphatic rings. The van der Waals surface area contributed by atoms with E-state index in [-0.39, 0.29) is 0 Å². The summed E-state index contributed by atoms with van der Waals surface area (Å²) >= 11 is 1.50. The summed E-state index contributed by atoms with van der Waals surface area (Å²) in [6.45, 7) is 4.17. The summed E-state index contributed by atoms with van der Waals surface area (Å²) < 4.78 is 3.18. The Labute approximate surface area is 70.8 Å². The van der Waals surface area contributed by atoms with Crippen molar-refractivity contribution in [2.24, 2.45) is 0 Å². The molecule has 1 heterocycles. The largest absolute Gasteiger partial charge is 0.260 e. The van der Waals surface area contributed by atoms with Crippen LogP contribution in [0, 0.1) is 0 Å². The molecule has 0 aliphatic carbocycles. The predicted molar refractivity (Wildman–Crippen MR) is 46.2 cm³/mol. The molecule has 0 aliphatic heterocycles. The second-order valence-electron chi connectivity index (χ2n) is 2.42. The summed E-state index contributed by atoms with van der Waals surface area (Å²) in [5, 5.41) is 0.904. The van der Waals surface area contributed by atoms with E-state index in [2.05, 4.69) is 28.5 Å². The van der Waals surface area contributed by atoms with E-state index in [4.69, 9.17) is 0 Å². The van der Waals surface area contributed by atoms with E-state index in [1.807, 2.05) is 0 Å². The Kier molecular flexibility index (Phi) is 3.32. The molecule has 0 aromatic carbocycles. The van der Waals surface area contributed by atoms with Gasteiger partial charge in [-0.3, -0.25) is 9.71 Å². The Hall–Kier alpha value is -0.610. The third kappa shape index (κ3) is 3.34. The van der Waals surface area contributed by atoms with Gasteiger partial charge in [-0.05, 0) is 25.8 Å². The molecule has 11 heavy (non-hydrogen) atoms. The molecule has 0 saturated heterocycles. The molecule has 1 aromatic rings. The van der Waals surface area contributed by atoms with E-state index in [9.17, 15) is 0 Å². The lowest BCUT2D eigenvalue weighted by molar-refractivity contribution is 0.768. The average molecular weight is 169 g/mol. The maximum absolute atomic E-state index is 4.09. The van der Waals surface area contributed by atoms with Crippen LogP contribution in [0.3, 0.4) is 0 Å². The molecule has 1 N–H and O–H groups in total. The van der Waals surface area contributed by atoms with Gasteiger partial charge in [-0.25, -0.2) is 4.98 Å². The summed E-state index contributed by atoms with van der Waals surface area (Å²) in [5.74, 6) is 0. The minimum atomic E-state index is 0.460. The van der Waals surface area contributed by atoms with E-state index >= 15 is 0 Å². The Morgan fingerprint density at radius 3 is 2.82 bits per heavy atom. The molecule has 0 unspecified atom stereocenters. The molecular weight excluding hydrogens is 158 g/mol. The van der Waals surface area contributed by atoms with Crippen LogP contribution in [0.2, 0.25) is 0 Å². The highest BCUT2D eigenvalue weighted by molar-refractivity contribution is 7.97. The van der Waals surface area contributed by atoms with Crippen LogP contribution in [0.25, 0.3) is 0 Å². The van der Waals surface area contributed by atoms with Crippen molar-refractivity contribution in [3.63, 3.8) is 0 Å². The lowest BCUT2D eigenvalue weighted by Gasteiger charge is -2.04. The van der Waals surface area contributed by atoms with E-state index in [1.165, 1.54) is 11.9 Å². The van der Waals surface area contributed by atoms with Gasteiger partial charge >= 0.3 is 0 Å². The minimum Gasteiger partial charge on any atom is -0.260 e. The molecule has 1 aromatic heterocycles. The smallest absolute Gasteiger partial charge is 0.129 e. The van der Waals surface area contributed by atoms with Crippen LogP contribution in [-0.2, 0) is 0 Å². The zero-order chi connectivity index (χ0) is 8.10. The lowest BCUT2D eigenvalue weighted by Crippen LogP contribution is -2.13. The lowest BCUT2D eigenvalue weighted by atomic mass is 10.4. The summed E-state index contributed by atoms with van der Waals surface area (Å²) in [6.07, 6.45) is 5.09. The highest BCUT2D eigenvalue weighted by atomic mass is 32.2. The topological polar surface area (TPSA) is 37.8 Å². The monoisotopic (exact) mass is 169 g/mol. The molecule has 1 rings (SSSR count). The SMILES string of the molecule is CC(C)NSc1cnccn1. The van der Waals surface area contributed by atoms with Crippen molar-refractivity contribution in [2.75, 3.05) is 0 Å². The molecule has 0 bridgehead atoms. The number of aromatic nitrogens is 2. The van der Waals surface area contributed by atoms with Crippen LogP contribution in [0.15, 0.2) is 23.6 Å². The van der Waals surface area contributed by atoms with Crippen LogP contribution in [-0.4, -0.2) is 16.0 Å². The first kappa shape index (κ1) is 8.49. The van der Waals surface area contributed by atoms with Crippen LogP contribution in [0.4, 0.5) is 0 Å². The van der Waals surface area contributed by atoms with E-state index in [0.717, 1.165) is 5.03 Å². The predicted octanol–water partition coefficient (Wildman–Crippen LogP) is 1.48. The molecule has 0 spiro atoms. The first-order valence-corrected chi connectivity index (χ1v) is 4.29. The fraction of sp³-hybridized carbons (Fsp3) is 0.429. The molecule has 3 nitrogen and oxygen atoms in total. The molecule has 0 fully saturated rings. The number of rotatable bonds is 3. The first-order chi connectivity index (χ1) is 5.29. The van der Waals surface area contributed by atoms with Crippen molar-refractivity contribution in [3.05, 3.63) is 18.6 Å². The molecule has 0 saturated carbocycles. The second kappa shape index (κ2) is 4.31. The Morgan fingerprint density at radius 2 is 2.27 bits per heavy atom. The highest BCUT2D eigenvalue weighted by Crippen LogP contribution is 2.08. The van der Waals surface area contributed by atoms with E-state index in [0.29, 0.717) is 6.04 Å². The van der Waals surface area contributed by atoms with Gasteiger partial charge < -0.3 is 0 Å². The molecule has 0 amide bonds. The third-order valence-electron chi connectivity index (χ3n) is 0.939. The van der Waals surface area contributed by atoms with Crippen molar-refractivity contribution < 1.29 is 0 Å². The van der Waals surface area contributed by atoms with Gasteiger partial charge in [-0.2, -0.15) is 0 Å². The van der Waals surface area contributed by atoms with Crippen LogP contribution in [0.1, 0.15) is 13.8 Å². The normalized spacial score (nSPS) is 10.5. The fourth-order valence-corrected chi connectivity index (χ4v) is 1.10. The summed E-state index contributed by atoms with van der Waals surface area (Å²) in [7, 11) is 0. The van der Waals surface area contributed by atoms with Crippen LogP contribution < -0.4 is 4.72 Å². The summed E-state index contributed by atoms with van der Waals surface area (Å²) in [4.78, 5) is 8.03. The second-order valence-corrected chi connectivity index (χ2v) is 3.28. The molecule has 60 valence electrons. The Balaban J connectivity index is 2.39. The van der Waals surface area contributed by atoms with Gasteiger partial charge in [0.1, 0.15) is 5.03 Å². The van der Waals surface area contributed by atoms with Crippen molar-refractivity contribution in [3.8, 4) is 0 Å². The van der Waals surface area contributed by atoms with Gasteiger partial charge in [-0.1, -0.05) is 0 Å². The maximum atomic E-state index is 4.09. The molecule has 4 heteroatoms. The van der Waals surface area contributed by atoms with Crippen molar-refractivity contribution in [2.45, 2.75) is 24.9 Å². The molecule has 0 radical (unpaired) electrons. The van der Waals surface area contributed by atoms with Crippen LogP contribution >= 0.6 is 11.9 Å². The summed E-state index contributed by atoms with van der Waals surface area (Å²) in [6, 6.07) is 0.460. The van der Waals surface area contributed by atoms with Crippen molar-refractivity contribution in [1.29, 1.82) is 0 Å². The molecular formula is C7H11N3S. The van der Waals surface area contributed by atoms with Gasteiger partial charge in [0.2, 0.25) is 0 Å². The average Bonchev–Trinajstić information content (AvgIpc) is 2.03. The van der Waals surface area contributed by atoms with E-state index < -0.39 is 0 Å². The quantitative estimate of drug-likeness (QED) is 0.695. The maximum Gasteiger partial charge on any atom is 0.129 e. The number of nitrogens with zero attached hydrogens (tertiary/aromatic N) is 2. The van der Waals surface area contributed by atoms with Gasteiger partial charge in [0.05, 0.1) is 6.20 Å². The zero-order valence-electron chi connectivity index (χ0n) is 6.61. The van der Waals surface area contributed by atoms with E-state index in [1.54, 1.807) is 18.6 Å². The van der Waals surface area contributed by atoms with Crippen molar-refractivity contribution in [1.82, 2.24) is 14.7 Å². The van der Waals surface area contributed by atoms with Crippen molar-refractivity contribution >= 4 is 11.9 Å². The number of nitrogens with one attached hydrogen (secondary N) is 1. The number of hydrogen-bond acceptors (Lipinski definition) is 4. The Morgan fingerprint density at radius 1 is 1.45 bits per heavy atom. The number of hydrogen-bond donors (Lipinski definition) is 1. The molecule has 0 atom stereocenters. The van der Waals surface area contributed by atoms with Gasteiger partial charge in [0.15, 0.2) is 0 Å². The third-order valence-corrected chi connectivity index (χ3v) is 1.95. The fourth-order valence-electron chi connectivity index (χ4n) is 0.516. The minimum absolute atomic E-state index is 0.460. The van der Waals surface area contributed by atoms with Gasteiger partial charge in [0.25, 0.3) is 0 Å². The first-order valence-electron chi connectivity index (χ1n) is 3.47. The van der Waals surface area contributed by atoms with Gasteiger partial charge in [-0.15, -0.1) is 0 Å². The van der Waals surface area contributed by atoms with Gasteiger partial charge in [0, 0.05) is 18.4 Å². The standard InChI is InChI=1S/C7H11N3S/c1-6(2)10-11-7-5-8-3-4-9-7/h3-6,10H,1-2H3.